The summed E-state index contributed by atoms with van der Waals surface area (Å²) in [4.78, 5) is 23.6. The summed E-state index contributed by atoms with van der Waals surface area (Å²) in [5.74, 6) is -0.734. The number of hydrogen-bond donors (Lipinski definition) is 2. The summed E-state index contributed by atoms with van der Waals surface area (Å²) in [6.45, 7) is 8.51. The zero-order chi connectivity index (χ0) is 25.5. The predicted octanol–water partition coefficient (Wildman–Crippen LogP) is 3.92. The number of carbonyl (C=O) groups is 1. The minimum Gasteiger partial charge on any atom is -0.383 e. The van der Waals surface area contributed by atoms with Gasteiger partial charge in [-0.05, 0) is 69.0 Å². The molecule has 184 valence electrons. The molecule has 8 nitrogen and oxygen atoms in total. The highest BCUT2D eigenvalue weighted by Gasteiger charge is 2.39. The first-order valence-corrected chi connectivity index (χ1v) is 12.7. The topological polar surface area (TPSA) is 118 Å². The molecule has 1 amide bonds. The van der Waals surface area contributed by atoms with Crippen LogP contribution in [-0.4, -0.2) is 36.4 Å². The second-order valence-corrected chi connectivity index (χ2v) is 11.2. The number of rotatable bonds is 5. The van der Waals surface area contributed by atoms with E-state index >= 15 is 0 Å². The Kier molecular flexibility index (Phi) is 6.27. The molecule has 3 aromatic rings. The van der Waals surface area contributed by atoms with E-state index in [1.165, 1.54) is 30.5 Å². The summed E-state index contributed by atoms with van der Waals surface area (Å²) in [5, 5.41) is 0. The first kappa shape index (κ1) is 24.6. The molecule has 35 heavy (non-hydrogen) atoms. The van der Waals surface area contributed by atoms with Crippen LogP contribution in [0, 0.1) is 18.7 Å². The maximum atomic E-state index is 14.2. The Hall–Kier alpha value is -3.53. The lowest BCUT2D eigenvalue weighted by molar-refractivity contribution is 0.0981. The number of hydrogen-bond acceptors (Lipinski definition) is 7. The van der Waals surface area contributed by atoms with Crippen LogP contribution in [0.1, 0.15) is 43.1 Å². The van der Waals surface area contributed by atoms with Gasteiger partial charge in [-0.1, -0.05) is 19.1 Å². The van der Waals surface area contributed by atoms with Crippen LogP contribution in [0.3, 0.4) is 0 Å². The maximum absolute atomic E-state index is 14.2. The zero-order valence-corrected chi connectivity index (χ0v) is 20.9. The van der Waals surface area contributed by atoms with E-state index in [-0.39, 0.29) is 27.6 Å². The van der Waals surface area contributed by atoms with Gasteiger partial charge in [0.05, 0.1) is 11.3 Å². The van der Waals surface area contributed by atoms with Gasteiger partial charge in [-0.2, -0.15) is 0 Å². The highest BCUT2D eigenvalue weighted by atomic mass is 32.2. The summed E-state index contributed by atoms with van der Waals surface area (Å²) in [5.41, 5.74) is 7.01. The van der Waals surface area contributed by atoms with Crippen molar-refractivity contribution in [3.63, 3.8) is 0 Å². The van der Waals surface area contributed by atoms with Crippen molar-refractivity contribution < 1.29 is 17.6 Å². The molecule has 10 heteroatoms. The van der Waals surface area contributed by atoms with Gasteiger partial charge in [-0.3, -0.25) is 4.79 Å². The van der Waals surface area contributed by atoms with Crippen molar-refractivity contribution >= 4 is 27.6 Å². The summed E-state index contributed by atoms with van der Waals surface area (Å²) in [7, 11) is -4.28. The van der Waals surface area contributed by atoms with Crippen LogP contribution in [0.5, 0.6) is 0 Å². The number of nitrogens with two attached hydrogens (primary N) is 1. The number of benzene rings is 1. The van der Waals surface area contributed by atoms with Gasteiger partial charge in [0.15, 0.2) is 0 Å². The van der Waals surface area contributed by atoms with Crippen LogP contribution in [0.2, 0.25) is 0 Å². The van der Waals surface area contributed by atoms with Crippen LogP contribution in [0.4, 0.5) is 16.0 Å². The van der Waals surface area contributed by atoms with Crippen molar-refractivity contribution in [1.29, 1.82) is 0 Å². The molecule has 3 N–H and O–H groups in total. The normalized spacial score (nSPS) is 17.4. The van der Waals surface area contributed by atoms with Gasteiger partial charge in [0, 0.05) is 23.8 Å². The fourth-order valence-electron chi connectivity index (χ4n) is 4.69. The molecule has 0 bridgehead atoms. The second kappa shape index (κ2) is 8.92. The molecule has 1 atom stereocenters. The van der Waals surface area contributed by atoms with Crippen LogP contribution in [0.15, 0.2) is 53.6 Å². The van der Waals surface area contributed by atoms with E-state index < -0.39 is 15.9 Å². The Labute approximate surface area is 204 Å². The molecular formula is C25H28FN5O3S. The summed E-state index contributed by atoms with van der Waals surface area (Å²) < 4.78 is 42.1. The van der Waals surface area contributed by atoms with Gasteiger partial charge in [-0.25, -0.2) is 27.5 Å². The largest absolute Gasteiger partial charge is 0.383 e. The van der Waals surface area contributed by atoms with Crippen LogP contribution in [0.25, 0.3) is 11.3 Å². The van der Waals surface area contributed by atoms with Crippen molar-refractivity contribution in [2.75, 3.05) is 17.2 Å². The van der Waals surface area contributed by atoms with E-state index in [1.54, 1.807) is 25.1 Å². The van der Waals surface area contributed by atoms with Crippen molar-refractivity contribution in [3.05, 3.63) is 65.6 Å². The Morgan fingerprint density at radius 3 is 2.60 bits per heavy atom. The van der Waals surface area contributed by atoms with Crippen molar-refractivity contribution in [2.24, 2.45) is 5.92 Å². The molecule has 1 fully saturated rings. The molecule has 0 saturated carbocycles. The Morgan fingerprint density at radius 2 is 1.94 bits per heavy atom. The molecule has 1 aliphatic heterocycles. The van der Waals surface area contributed by atoms with E-state index in [2.05, 4.69) is 16.6 Å². The van der Waals surface area contributed by atoms with Gasteiger partial charge in [0.25, 0.3) is 15.9 Å². The van der Waals surface area contributed by atoms with Crippen LogP contribution < -0.4 is 15.4 Å². The zero-order valence-electron chi connectivity index (χ0n) is 20.0. The molecule has 1 aliphatic rings. The van der Waals surface area contributed by atoms with E-state index in [0.717, 1.165) is 6.42 Å². The number of nitrogens with one attached hydrogen (secondary N) is 1. The average molecular weight is 498 g/mol. The summed E-state index contributed by atoms with van der Waals surface area (Å²) >= 11 is 0. The van der Waals surface area contributed by atoms with Gasteiger partial charge in [0.2, 0.25) is 0 Å². The number of pyridine rings is 2. The Morgan fingerprint density at radius 1 is 1.20 bits per heavy atom. The Bertz CT molecular complexity index is 1410. The first-order chi connectivity index (χ1) is 16.4. The number of carbonyl (C=O) groups excluding carboxylic acids is 1. The third-order valence-electron chi connectivity index (χ3n) is 6.31. The third kappa shape index (κ3) is 4.70. The molecule has 0 aliphatic carbocycles. The van der Waals surface area contributed by atoms with Crippen LogP contribution >= 0.6 is 0 Å². The van der Waals surface area contributed by atoms with E-state index in [0.29, 0.717) is 35.1 Å². The van der Waals surface area contributed by atoms with E-state index in [4.69, 9.17) is 10.7 Å². The number of halogens is 1. The molecule has 1 saturated heterocycles. The van der Waals surface area contributed by atoms with Gasteiger partial charge in [0.1, 0.15) is 22.3 Å². The minimum absolute atomic E-state index is 0.0935. The number of aromatic nitrogens is 2. The average Bonchev–Trinajstić information content (AvgIpc) is 3.06. The molecule has 4 rings (SSSR count). The molecule has 3 heterocycles. The number of amides is 1. The summed E-state index contributed by atoms with van der Waals surface area (Å²) in [6, 6.07) is 10.6. The lowest BCUT2D eigenvalue weighted by Crippen LogP contribution is -2.41. The van der Waals surface area contributed by atoms with Crippen molar-refractivity contribution in [3.8, 4) is 11.3 Å². The number of sulfonamides is 1. The number of nitrogen functional groups attached to an aromatic ring is 1. The van der Waals surface area contributed by atoms with E-state index in [9.17, 15) is 17.6 Å². The minimum atomic E-state index is -4.28. The highest BCUT2D eigenvalue weighted by molar-refractivity contribution is 7.90. The smallest absolute Gasteiger partial charge is 0.268 e. The Balaban J connectivity index is 1.81. The molecule has 0 unspecified atom stereocenters. The standard InChI is InChI=1S/C25H28FN5O3S/c1-15-13-25(3,4)31(14-15)23-18(10-11-20(29-23)17-7-5-8-19(26)16(17)2)24(32)30-35(33,34)21-9-6-12-28-22(21)27/h5-12,15H,13-14H2,1-4H3,(H2,27,28)(H,30,32)/t15-/m0/s1. The van der Waals surface area contributed by atoms with Gasteiger partial charge in [-0.15, -0.1) is 0 Å². The van der Waals surface area contributed by atoms with Gasteiger partial charge < -0.3 is 10.6 Å². The third-order valence-corrected chi connectivity index (χ3v) is 7.69. The monoisotopic (exact) mass is 497 g/mol. The molecule has 2 aromatic heterocycles. The molecule has 0 radical (unpaired) electrons. The number of anilines is 2. The lowest BCUT2D eigenvalue weighted by Gasteiger charge is -2.34. The molecular weight excluding hydrogens is 469 g/mol. The van der Waals surface area contributed by atoms with Crippen LogP contribution in [-0.2, 0) is 10.0 Å². The van der Waals surface area contributed by atoms with Gasteiger partial charge >= 0.3 is 0 Å². The SMILES string of the molecule is Cc1c(F)cccc1-c1ccc(C(=O)NS(=O)(=O)c2cccnc2N)c(N2C[C@@H](C)CC2(C)C)n1. The highest BCUT2D eigenvalue weighted by Crippen LogP contribution is 2.38. The fourth-order valence-corrected chi connectivity index (χ4v) is 5.74. The maximum Gasteiger partial charge on any atom is 0.268 e. The van der Waals surface area contributed by atoms with E-state index in [1.807, 2.05) is 18.7 Å². The second-order valence-electron chi connectivity index (χ2n) is 9.53. The lowest BCUT2D eigenvalue weighted by atomic mass is 9.97. The number of nitrogens with zero attached hydrogens (tertiary/aromatic N) is 3. The quantitative estimate of drug-likeness (QED) is 0.548. The fraction of sp³-hybridized carbons (Fsp3) is 0.320. The van der Waals surface area contributed by atoms with Crippen molar-refractivity contribution in [2.45, 2.75) is 44.6 Å². The first-order valence-electron chi connectivity index (χ1n) is 11.2. The van der Waals surface area contributed by atoms with Crippen molar-refractivity contribution in [1.82, 2.24) is 14.7 Å². The predicted molar refractivity (Wildman–Crippen MR) is 133 cm³/mol. The molecule has 1 aromatic carbocycles. The summed E-state index contributed by atoms with van der Waals surface area (Å²) in [6.07, 6.45) is 2.23. The molecule has 0 spiro atoms.